The zero-order chi connectivity index (χ0) is 20.1. The monoisotopic (exact) mass is 385 g/mol. The van der Waals surface area contributed by atoms with E-state index in [0.717, 1.165) is 31.2 Å². The summed E-state index contributed by atoms with van der Waals surface area (Å²) >= 11 is 0. The maximum absolute atomic E-state index is 12.9. The molecule has 28 heavy (non-hydrogen) atoms. The number of carbonyl (C=O) groups is 2. The van der Waals surface area contributed by atoms with Gasteiger partial charge in [-0.25, -0.2) is 4.79 Å². The summed E-state index contributed by atoms with van der Waals surface area (Å²) in [5, 5.41) is 9.67. The lowest BCUT2D eigenvalue weighted by Crippen LogP contribution is -2.41. The van der Waals surface area contributed by atoms with E-state index in [9.17, 15) is 9.59 Å². The molecule has 1 aromatic heterocycles. The number of nitrogens with zero attached hydrogens (tertiary/aromatic N) is 3. The van der Waals surface area contributed by atoms with Gasteiger partial charge in [0, 0.05) is 24.3 Å². The SMILES string of the molecule is CCCNC(=O)c1ccc(NC(=O)N2CCCC[C@H]2c2nc(C)no2)c(C)c1. The molecule has 3 rings (SSSR count). The number of aromatic nitrogens is 2. The molecule has 2 N–H and O–H groups in total. The smallest absolute Gasteiger partial charge is 0.322 e. The van der Waals surface area contributed by atoms with Crippen LogP contribution in [0.5, 0.6) is 0 Å². The van der Waals surface area contributed by atoms with E-state index in [-0.39, 0.29) is 18.0 Å². The Kier molecular flexibility index (Phi) is 6.28. The van der Waals surface area contributed by atoms with Gasteiger partial charge in [-0.15, -0.1) is 0 Å². The standard InChI is InChI=1S/C20H27N5O3/c1-4-10-21-18(26)15-8-9-16(13(2)12-15)23-20(27)25-11-6-5-7-17(25)19-22-14(3)24-28-19/h8-9,12,17H,4-7,10-11H2,1-3H3,(H,21,26)(H,23,27)/t17-/m0/s1. The maximum Gasteiger partial charge on any atom is 0.322 e. The normalized spacial score (nSPS) is 16.7. The molecule has 2 heterocycles. The van der Waals surface area contributed by atoms with Crippen LogP contribution in [0.1, 0.15) is 66.3 Å². The lowest BCUT2D eigenvalue weighted by Gasteiger charge is -2.33. The fourth-order valence-corrected chi connectivity index (χ4v) is 3.35. The Labute approximate surface area is 164 Å². The second-order valence-corrected chi connectivity index (χ2v) is 7.10. The molecule has 1 atom stereocenters. The fraction of sp³-hybridized carbons (Fsp3) is 0.500. The number of amides is 3. The Bertz CT molecular complexity index is 848. The summed E-state index contributed by atoms with van der Waals surface area (Å²) in [7, 11) is 0. The van der Waals surface area contributed by atoms with Gasteiger partial charge >= 0.3 is 6.03 Å². The molecule has 1 saturated heterocycles. The minimum Gasteiger partial charge on any atom is -0.352 e. The van der Waals surface area contributed by atoms with Gasteiger partial charge in [0.15, 0.2) is 5.82 Å². The van der Waals surface area contributed by atoms with E-state index in [0.29, 0.717) is 36.1 Å². The van der Waals surface area contributed by atoms with Gasteiger partial charge < -0.3 is 20.1 Å². The molecule has 1 aromatic carbocycles. The van der Waals surface area contributed by atoms with E-state index < -0.39 is 0 Å². The van der Waals surface area contributed by atoms with Crippen LogP contribution in [-0.2, 0) is 0 Å². The number of anilines is 1. The second-order valence-electron chi connectivity index (χ2n) is 7.10. The lowest BCUT2D eigenvalue weighted by molar-refractivity contribution is 0.0953. The first kappa shape index (κ1) is 19.9. The molecule has 150 valence electrons. The molecule has 0 saturated carbocycles. The number of rotatable bonds is 5. The Balaban J connectivity index is 1.71. The number of aryl methyl sites for hydroxylation is 2. The average Bonchev–Trinajstić information content (AvgIpc) is 3.13. The maximum atomic E-state index is 12.9. The van der Waals surface area contributed by atoms with Gasteiger partial charge in [0.2, 0.25) is 5.89 Å². The minimum absolute atomic E-state index is 0.106. The molecule has 2 aromatic rings. The third kappa shape index (κ3) is 4.49. The predicted molar refractivity (Wildman–Crippen MR) is 105 cm³/mol. The molecule has 1 fully saturated rings. The van der Waals surface area contributed by atoms with Crippen LogP contribution in [0.4, 0.5) is 10.5 Å². The van der Waals surface area contributed by atoms with Crippen molar-refractivity contribution in [3.05, 3.63) is 41.0 Å². The van der Waals surface area contributed by atoms with Crippen LogP contribution >= 0.6 is 0 Å². The number of carbonyl (C=O) groups excluding carboxylic acids is 2. The summed E-state index contributed by atoms with van der Waals surface area (Å²) in [5.74, 6) is 0.936. The molecule has 0 aliphatic carbocycles. The van der Waals surface area contributed by atoms with Crippen LogP contribution in [0.25, 0.3) is 0 Å². The van der Waals surface area contributed by atoms with Crippen LogP contribution in [0.2, 0.25) is 0 Å². The molecule has 8 nitrogen and oxygen atoms in total. The summed E-state index contributed by atoms with van der Waals surface area (Å²) < 4.78 is 5.31. The first-order chi connectivity index (χ1) is 13.5. The van der Waals surface area contributed by atoms with Gasteiger partial charge in [-0.2, -0.15) is 4.98 Å². The molecular formula is C20H27N5O3. The largest absolute Gasteiger partial charge is 0.352 e. The van der Waals surface area contributed by atoms with E-state index in [1.165, 1.54) is 0 Å². The molecular weight excluding hydrogens is 358 g/mol. The number of hydrogen-bond donors (Lipinski definition) is 2. The number of hydrogen-bond acceptors (Lipinski definition) is 5. The zero-order valence-electron chi connectivity index (χ0n) is 16.6. The highest BCUT2D eigenvalue weighted by molar-refractivity contribution is 5.96. The number of urea groups is 1. The van der Waals surface area contributed by atoms with E-state index in [1.807, 2.05) is 13.8 Å². The van der Waals surface area contributed by atoms with Gasteiger partial charge in [0.05, 0.1) is 0 Å². The van der Waals surface area contributed by atoms with Crippen LogP contribution in [0.15, 0.2) is 22.7 Å². The van der Waals surface area contributed by atoms with Crippen LogP contribution in [-0.4, -0.2) is 40.1 Å². The molecule has 3 amide bonds. The highest BCUT2D eigenvalue weighted by atomic mass is 16.5. The van der Waals surface area contributed by atoms with Crippen molar-refractivity contribution < 1.29 is 14.1 Å². The number of likely N-dealkylation sites (tertiary alicyclic amines) is 1. The summed E-state index contributed by atoms with van der Waals surface area (Å²) in [5.41, 5.74) is 2.10. The quantitative estimate of drug-likeness (QED) is 0.819. The topological polar surface area (TPSA) is 100 Å². The number of benzene rings is 1. The first-order valence-electron chi connectivity index (χ1n) is 9.76. The molecule has 0 unspecified atom stereocenters. The van der Waals surface area contributed by atoms with Crippen molar-refractivity contribution in [1.82, 2.24) is 20.4 Å². The van der Waals surface area contributed by atoms with Crippen molar-refractivity contribution in [1.29, 1.82) is 0 Å². The molecule has 1 aliphatic heterocycles. The highest BCUT2D eigenvalue weighted by Gasteiger charge is 2.32. The van der Waals surface area contributed by atoms with Gasteiger partial charge in [-0.05, 0) is 63.3 Å². The summed E-state index contributed by atoms with van der Waals surface area (Å²) in [6, 6.07) is 4.86. The van der Waals surface area contributed by atoms with Crippen LogP contribution in [0.3, 0.4) is 0 Å². The van der Waals surface area contributed by atoms with Crippen LogP contribution in [0, 0.1) is 13.8 Å². The summed E-state index contributed by atoms with van der Waals surface area (Å²) in [6.07, 6.45) is 3.63. The van der Waals surface area contributed by atoms with Crippen molar-refractivity contribution >= 4 is 17.6 Å². The Hall–Kier alpha value is -2.90. The molecule has 8 heteroatoms. The molecule has 0 bridgehead atoms. The van der Waals surface area contributed by atoms with Crippen molar-refractivity contribution in [2.75, 3.05) is 18.4 Å². The average molecular weight is 385 g/mol. The lowest BCUT2D eigenvalue weighted by atomic mass is 10.0. The Morgan fingerprint density at radius 1 is 1.29 bits per heavy atom. The molecule has 1 aliphatic rings. The molecule has 0 spiro atoms. The van der Waals surface area contributed by atoms with E-state index in [1.54, 1.807) is 30.0 Å². The number of piperidine rings is 1. The van der Waals surface area contributed by atoms with Gasteiger partial charge in [-0.3, -0.25) is 4.79 Å². The van der Waals surface area contributed by atoms with Crippen molar-refractivity contribution in [2.24, 2.45) is 0 Å². The Morgan fingerprint density at radius 3 is 2.79 bits per heavy atom. The van der Waals surface area contributed by atoms with Crippen molar-refractivity contribution in [3.8, 4) is 0 Å². The summed E-state index contributed by atoms with van der Waals surface area (Å²) in [4.78, 5) is 31.1. The zero-order valence-corrected chi connectivity index (χ0v) is 16.6. The van der Waals surface area contributed by atoms with Gasteiger partial charge in [-0.1, -0.05) is 12.1 Å². The highest BCUT2D eigenvalue weighted by Crippen LogP contribution is 2.30. The van der Waals surface area contributed by atoms with E-state index >= 15 is 0 Å². The predicted octanol–water partition coefficient (Wildman–Crippen LogP) is 3.59. The van der Waals surface area contributed by atoms with Crippen LogP contribution < -0.4 is 10.6 Å². The summed E-state index contributed by atoms with van der Waals surface area (Å²) in [6.45, 7) is 6.92. The van der Waals surface area contributed by atoms with Gasteiger partial charge in [0.25, 0.3) is 5.91 Å². The Morgan fingerprint density at radius 2 is 2.11 bits per heavy atom. The van der Waals surface area contributed by atoms with Crippen molar-refractivity contribution in [2.45, 2.75) is 52.5 Å². The second kappa shape index (κ2) is 8.86. The minimum atomic E-state index is -0.214. The first-order valence-corrected chi connectivity index (χ1v) is 9.76. The third-order valence-electron chi connectivity index (χ3n) is 4.86. The van der Waals surface area contributed by atoms with Crippen molar-refractivity contribution in [3.63, 3.8) is 0 Å². The molecule has 0 radical (unpaired) electrons. The van der Waals surface area contributed by atoms with E-state index in [2.05, 4.69) is 20.8 Å². The fourth-order valence-electron chi connectivity index (χ4n) is 3.35. The third-order valence-corrected chi connectivity index (χ3v) is 4.86. The number of nitrogens with one attached hydrogen (secondary N) is 2. The van der Waals surface area contributed by atoms with E-state index in [4.69, 9.17) is 4.52 Å². The van der Waals surface area contributed by atoms with Gasteiger partial charge in [0.1, 0.15) is 6.04 Å².